The summed E-state index contributed by atoms with van der Waals surface area (Å²) in [7, 11) is 1.72. The molecule has 0 aromatic heterocycles. The predicted molar refractivity (Wildman–Crippen MR) is 84.8 cm³/mol. The Labute approximate surface area is 135 Å². The average Bonchev–Trinajstić information content (AvgIpc) is 2.50. The number of aliphatic carboxylic acids is 1. The van der Waals surface area contributed by atoms with Gasteiger partial charge in [0.15, 0.2) is 0 Å². The van der Waals surface area contributed by atoms with Crippen LogP contribution in [-0.4, -0.2) is 35.1 Å². The molecule has 0 saturated heterocycles. The van der Waals surface area contributed by atoms with Crippen LogP contribution in [0.4, 0.5) is 4.79 Å². The van der Waals surface area contributed by atoms with Gasteiger partial charge in [0.25, 0.3) is 0 Å². The largest absolute Gasteiger partial charge is 0.481 e. The summed E-state index contributed by atoms with van der Waals surface area (Å²) in [5, 5.41) is 12.6. The summed E-state index contributed by atoms with van der Waals surface area (Å²) < 4.78 is 0. The fraction of sp³-hybridized carbons (Fsp3) is 0.500. The van der Waals surface area contributed by atoms with Crippen LogP contribution in [0.2, 0.25) is 5.02 Å². The monoisotopic (exact) mass is 324 g/mol. The number of carbonyl (C=O) groups is 2. The lowest BCUT2D eigenvalue weighted by Crippen LogP contribution is -2.44. The summed E-state index contributed by atoms with van der Waals surface area (Å²) in [6.45, 7) is 0.440. The minimum atomic E-state index is -0.736. The molecule has 1 aromatic carbocycles. The molecule has 1 aliphatic carbocycles. The Kier molecular flexibility index (Phi) is 5.66. The third-order valence-electron chi connectivity index (χ3n) is 4.12. The van der Waals surface area contributed by atoms with Gasteiger partial charge >= 0.3 is 12.0 Å². The standard InChI is InChI=1S/C16H21ClN2O3/c1-19(10-12-4-2-3-5-14(12)17)16(22)18-13-8-6-11(7-9-13)15(20)21/h2-5,11,13H,6-10H2,1H3,(H,18,22)(H,20,21). The van der Waals surface area contributed by atoms with E-state index in [2.05, 4.69) is 5.32 Å². The van der Waals surface area contributed by atoms with Gasteiger partial charge in [-0.1, -0.05) is 29.8 Å². The van der Waals surface area contributed by atoms with Crippen molar-refractivity contribution in [2.75, 3.05) is 7.05 Å². The molecule has 0 heterocycles. The van der Waals surface area contributed by atoms with Gasteiger partial charge in [-0.25, -0.2) is 4.79 Å². The fourth-order valence-electron chi connectivity index (χ4n) is 2.72. The van der Waals surface area contributed by atoms with Crippen molar-refractivity contribution in [2.24, 2.45) is 5.92 Å². The van der Waals surface area contributed by atoms with Crippen molar-refractivity contribution in [1.82, 2.24) is 10.2 Å². The number of amides is 2. The molecule has 22 heavy (non-hydrogen) atoms. The maximum absolute atomic E-state index is 12.2. The molecule has 2 N–H and O–H groups in total. The Hall–Kier alpha value is -1.75. The molecule has 2 rings (SSSR count). The van der Waals surface area contributed by atoms with E-state index in [4.69, 9.17) is 16.7 Å². The van der Waals surface area contributed by atoms with Crippen LogP contribution in [0.1, 0.15) is 31.2 Å². The molecular weight excluding hydrogens is 304 g/mol. The number of hydrogen-bond donors (Lipinski definition) is 2. The number of benzene rings is 1. The van der Waals surface area contributed by atoms with E-state index in [1.54, 1.807) is 18.0 Å². The van der Waals surface area contributed by atoms with E-state index >= 15 is 0 Å². The molecular formula is C16H21ClN2O3. The zero-order valence-electron chi connectivity index (χ0n) is 12.6. The Morgan fingerprint density at radius 2 is 1.91 bits per heavy atom. The Bertz CT molecular complexity index is 542. The van der Waals surface area contributed by atoms with E-state index in [0.717, 1.165) is 5.56 Å². The quantitative estimate of drug-likeness (QED) is 0.894. The second-order valence-electron chi connectivity index (χ2n) is 5.78. The van der Waals surface area contributed by atoms with Gasteiger partial charge in [-0.15, -0.1) is 0 Å². The molecule has 0 atom stereocenters. The summed E-state index contributed by atoms with van der Waals surface area (Å²) >= 11 is 6.10. The highest BCUT2D eigenvalue weighted by molar-refractivity contribution is 6.31. The molecule has 1 fully saturated rings. The van der Waals surface area contributed by atoms with Gasteiger partial charge in [0.2, 0.25) is 0 Å². The molecule has 0 unspecified atom stereocenters. The topological polar surface area (TPSA) is 69.6 Å². The molecule has 2 amide bonds. The molecule has 0 aliphatic heterocycles. The van der Waals surface area contributed by atoms with E-state index in [-0.39, 0.29) is 18.0 Å². The number of rotatable bonds is 4. The molecule has 1 aromatic rings. The van der Waals surface area contributed by atoms with Crippen LogP contribution in [0.5, 0.6) is 0 Å². The molecule has 120 valence electrons. The molecule has 0 bridgehead atoms. The molecule has 1 aliphatic rings. The summed E-state index contributed by atoms with van der Waals surface area (Å²) in [6.07, 6.45) is 2.66. The second kappa shape index (κ2) is 7.49. The average molecular weight is 325 g/mol. The van der Waals surface area contributed by atoms with Crippen molar-refractivity contribution in [3.63, 3.8) is 0 Å². The lowest BCUT2D eigenvalue weighted by atomic mass is 9.86. The highest BCUT2D eigenvalue weighted by atomic mass is 35.5. The number of halogens is 1. The third-order valence-corrected chi connectivity index (χ3v) is 4.48. The summed E-state index contributed by atoms with van der Waals surface area (Å²) in [5.74, 6) is -1.00. The van der Waals surface area contributed by atoms with Crippen molar-refractivity contribution in [3.8, 4) is 0 Å². The number of nitrogens with one attached hydrogen (secondary N) is 1. The van der Waals surface area contributed by atoms with Crippen molar-refractivity contribution in [3.05, 3.63) is 34.9 Å². The van der Waals surface area contributed by atoms with E-state index in [1.165, 1.54) is 0 Å². The Balaban J connectivity index is 1.82. The van der Waals surface area contributed by atoms with Crippen LogP contribution in [-0.2, 0) is 11.3 Å². The van der Waals surface area contributed by atoms with E-state index in [0.29, 0.717) is 37.3 Å². The first kappa shape index (κ1) is 16.6. The summed E-state index contributed by atoms with van der Waals surface area (Å²) in [4.78, 5) is 24.7. The first-order valence-corrected chi connectivity index (χ1v) is 7.83. The van der Waals surface area contributed by atoms with Crippen molar-refractivity contribution < 1.29 is 14.7 Å². The number of hydrogen-bond acceptors (Lipinski definition) is 2. The van der Waals surface area contributed by atoms with Crippen molar-refractivity contribution >= 4 is 23.6 Å². The molecule has 0 spiro atoms. The lowest BCUT2D eigenvalue weighted by molar-refractivity contribution is -0.142. The number of carbonyl (C=O) groups excluding carboxylic acids is 1. The molecule has 1 saturated carbocycles. The molecule has 6 heteroatoms. The maximum Gasteiger partial charge on any atom is 0.317 e. The van der Waals surface area contributed by atoms with Gasteiger partial charge < -0.3 is 15.3 Å². The van der Waals surface area contributed by atoms with Gasteiger partial charge in [0.1, 0.15) is 0 Å². The van der Waals surface area contributed by atoms with Gasteiger partial charge in [-0.3, -0.25) is 4.79 Å². The molecule has 5 nitrogen and oxygen atoms in total. The van der Waals surface area contributed by atoms with E-state index in [9.17, 15) is 9.59 Å². The predicted octanol–water partition coefficient (Wildman–Crippen LogP) is 3.12. The number of carboxylic acids is 1. The van der Waals surface area contributed by atoms with E-state index < -0.39 is 5.97 Å². The van der Waals surface area contributed by atoms with Crippen molar-refractivity contribution in [2.45, 2.75) is 38.3 Å². The maximum atomic E-state index is 12.2. The lowest BCUT2D eigenvalue weighted by Gasteiger charge is -2.29. The minimum Gasteiger partial charge on any atom is -0.481 e. The van der Waals surface area contributed by atoms with Crippen LogP contribution < -0.4 is 5.32 Å². The van der Waals surface area contributed by atoms with Crippen LogP contribution in [0.25, 0.3) is 0 Å². The highest BCUT2D eigenvalue weighted by Crippen LogP contribution is 2.24. The van der Waals surface area contributed by atoms with Gasteiger partial charge in [-0.05, 0) is 37.3 Å². The highest BCUT2D eigenvalue weighted by Gasteiger charge is 2.27. The van der Waals surface area contributed by atoms with Gasteiger partial charge in [-0.2, -0.15) is 0 Å². The number of urea groups is 1. The van der Waals surface area contributed by atoms with Crippen LogP contribution in [0.3, 0.4) is 0 Å². The fourth-order valence-corrected chi connectivity index (χ4v) is 2.92. The van der Waals surface area contributed by atoms with Gasteiger partial charge in [0, 0.05) is 24.7 Å². The first-order valence-electron chi connectivity index (χ1n) is 7.45. The van der Waals surface area contributed by atoms with Crippen LogP contribution in [0, 0.1) is 5.92 Å². The van der Waals surface area contributed by atoms with Crippen molar-refractivity contribution in [1.29, 1.82) is 0 Å². The number of carboxylic acid groups (broad SMARTS) is 1. The Morgan fingerprint density at radius 1 is 1.27 bits per heavy atom. The zero-order valence-corrected chi connectivity index (χ0v) is 13.3. The summed E-state index contributed by atoms with van der Waals surface area (Å²) in [6, 6.07) is 7.34. The SMILES string of the molecule is CN(Cc1ccccc1Cl)C(=O)NC1CCC(C(=O)O)CC1. The van der Waals surface area contributed by atoms with Gasteiger partial charge in [0.05, 0.1) is 5.92 Å². The smallest absolute Gasteiger partial charge is 0.317 e. The Morgan fingerprint density at radius 3 is 2.50 bits per heavy atom. The minimum absolute atomic E-state index is 0.0526. The normalized spacial score (nSPS) is 21.2. The summed E-state index contributed by atoms with van der Waals surface area (Å²) in [5.41, 5.74) is 0.899. The van der Waals surface area contributed by atoms with E-state index in [1.807, 2.05) is 18.2 Å². The van der Waals surface area contributed by atoms with Crippen LogP contribution in [0.15, 0.2) is 24.3 Å². The third kappa shape index (κ3) is 4.37. The zero-order chi connectivity index (χ0) is 16.1. The second-order valence-corrected chi connectivity index (χ2v) is 6.19. The number of nitrogens with zero attached hydrogens (tertiary/aromatic N) is 1. The van der Waals surface area contributed by atoms with Crippen LogP contribution >= 0.6 is 11.6 Å². The first-order chi connectivity index (χ1) is 10.5. The molecule has 0 radical (unpaired) electrons.